The van der Waals surface area contributed by atoms with E-state index in [-0.39, 0.29) is 17.0 Å². The molecule has 2 atom stereocenters. The van der Waals surface area contributed by atoms with Crippen molar-refractivity contribution in [2.45, 2.75) is 36.5 Å². The predicted octanol–water partition coefficient (Wildman–Crippen LogP) is 5.69. The molecule has 0 saturated carbocycles. The van der Waals surface area contributed by atoms with E-state index in [1.807, 2.05) is 31.2 Å². The molecule has 196 valence electrons. The number of anilines is 1. The van der Waals surface area contributed by atoms with Crippen molar-refractivity contribution in [1.29, 1.82) is 10.5 Å². The highest BCUT2D eigenvalue weighted by Gasteiger charge is 2.61. The summed E-state index contributed by atoms with van der Waals surface area (Å²) in [6.45, 7) is 2.18. The number of rotatable bonds is 7. The third-order valence-electron chi connectivity index (χ3n) is 6.89. The lowest BCUT2D eigenvalue weighted by atomic mass is 9.65. The molecule has 3 aromatic rings. The van der Waals surface area contributed by atoms with Gasteiger partial charge < -0.3 is 5.73 Å². The van der Waals surface area contributed by atoms with Crippen molar-refractivity contribution >= 4 is 33.3 Å². The van der Waals surface area contributed by atoms with E-state index in [9.17, 15) is 14.9 Å². The number of allylic oxidation sites excluding steroid dienone is 3. The molecule has 1 aromatic heterocycles. The predicted molar refractivity (Wildman–Crippen MR) is 149 cm³/mol. The maximum atomic E-state index is 15.1. The molecule has 1 aliphatic carbocycles. The fourth-order valence-electron chi connectivity index (χ4n) is 5.19. The number of nitrogens with zero attached hydrogens (tertiary/aromatic N) is 6. The van der Waals surface area contributed by atoms with Gasteiger partial charge in [0.2, 0.25) is 5.13 Å². The summed E-state index contributed by atoms with van der Waals surface area (Å²) in [5.74, 6) is -1.21. The molecule has 0 radical (unpaired) electrons. The normalized spacial score (nSPS) is 22.3. The van der Waals surface area contributed by atoms with Crippen LogP contribution in [-0.4, -0.2) is 26.7 Å². The molecule has 2 aliphatic rings. The van der Waals surface area contributed by atoms with Gasteiger partial charge in [0.15, 0.2) is 0 Å². The van der Waals surface area contributed by atoms with E-state index < -0.39 is 21.9 Å². The summed E-state index contributed by atoms with van der Waals surface area (Å²) in [4.78, 5) is -1.06. The van der Waals surface area contributed by atoms with E-state index in [4.69, 9.17) is 10.8 Å². The summed E-state index contributed by atoms with van der Waals surface area (Å²) in [5.41, 5.74) is 6.68. The Morgan fingerprint density at radius 2 is 1.95 bits per heavy atom. The molecule has 0 spiro atoms. The standard InChI is InChI=1S/C28H23F2N7S2/c1-18-34-35-26(38-18)37-28(12-5-13-31,39-25(36-37)22-14-21(29)9-10-24(22)30)27(11-4-6-19(15-27)16-32)23-8-3-2-7-20(23)17-33/h2-4,6-11,14H,5,12-13,15,31H2,1H3. The van der Waals surface area contributed by atoms with Gasteiger partial charge in [0.05, 0.1) is 23.1 Å². The first-order chi connectivity index (χ1) is 18.9. The molecule has 0 saturated heterocycles. The van der Waals surface area contributed by atoms with Crippen LogP contribution >= 0.6 is 23.1 Å². The van der Waals surface area contributed by atoms with Crippen LogP contribution in [0.15, 0.2) is 71.4 Å². The number of hydrogen-bond acceptors (Lipinski definition) is 9. The Balaban J connectivity index is 1.83. The number of hydrazone groups is 1. The lowest BCUT2D eigenvalue weighted by Gasteiger charge is -2.51. The zero-order valence-corrected chi connectivity index (χ0v) is 22.6. The van der Waals surface area contributed by atoms with Crippen LogP contribution in [0.25, 0.3) is 0 Å². The second kappa shape index (κ2) is 10.7. The number of nitrogens with two attached hydrogens (primary N) is 1. The monoisotopic (exact) mass is 559 g/mol. The van der Waals surface area contributed by atoms with Gasteiger partial charge in [0.1, 0.15) is 26.6 Å². The van der Waals surface area contributed by atoms with Crippen molar-refractivity contribution in [2.75, 3.05) is 11.6 Å². The van der Waals surface area contributed by atoms with Gasteiger partial charge in [-0.2, -0.15) is 15.6 Å². The first kappa shape index (κ1) is 26.7. The van der Waals surface area contributed by atoms with Gasteiger partial charge in [0, 0.05) is 11.1 Å². The smallest absolute Gasteiger partial charge is 0.230 e. The molecule has 11 heteroatoms. The van der Waals surface area contributed by atoms with E-state index in [0.29, 0.717) is 46.2 Å². The van der Waals surface area contributed by atoms with E-state index in [0.717, 1.165) is 18.2 Å². The molecule has 2 unspecified atom stereocenters. The second-order valence-corrected chi connectivity index (χ2v) is 11.6. The van der Waals surface area contributed by atoms with Crippen LogP contribution < -0.4 is 10.7 Å². The zero-order valence-electron chi connectivity index (χ0n) is 20.9. The highest BCUT2D eigenvalue weighted by molar-refractivity contribution is 8.16. The van der Waals surface area contributed by atoms with Crippen LogP contribution in [0.2, 0.25) is 0 Å². The minimum atomic E-state index is -1.06. The quantitative estimate of drug-likeness (QED) is 0.395. The van der Waals surface area contributed by atoms with Gasteiger partial charge in [-0.15, -0.1) is 10.2 Å². The highest BCUT2D eigenvalue weighted by Crippen LogP contribution is 2.60. The van der Waals surface area contributed by atoms with Gasteiger partial charge in [0.25, 0.3) is 0 Å². The van der Waals surface area contributed by atoms with Gasteiger partial charge in [-0.05, 0) is 68.6 Å². The minimum Gasteiger partial charge on any atom is -0.330 e. The van der Waals surface area contributed by atoms with Crippen LogP contribution in [0.3, 0.4) is 0 Å². The third kappa shape index (κ3) is 4.53. The zero-order chi connectivity index (χ0) is 27.6. The first-order valence-corrected chi connectivity index (χ1v) is 13.8. The van der Waals surface area contributed by atoms with E-state index in [1.54, 1.807) is 23.2 Å². The maximum absolute atomic E-state index is 15.1. The fourth-order valence-corrected chi connectivity index (χ4v) is 7.56. The number of nitriles is 2. The SMILES string of the molecule is Cc1nnc(N2N=C(c3cc(F)ccc3F)SC2(CCCN)C2(c3ccccc3C#N)C=CC=C(C#N)C2)s1. The van der Waals surface area contributed by atoms with E-state index in [2.05, 4.69) is 22.3 Å². The van der Waals surface area contributed by atoms with E-state index >= 15 is 4.39 Å². The molecule has 2 heterocycles. The highest BCUT2D eigenvalue weighted by atomic mass is 32.2. The van der Waals surface area contributed by atoms with Crippen molar-refractivity contribution < 1.29 is 8.78 Å². The molecule has 2 N–H and O–H groups in total. The lowest BCUT2D eigenvalue weighted by molar-refractivity contribution is 0.335. The number of thioether (sulfide) groups is 1. The number of halogens is 2. The molecule has 2 aromatic carbocycles. The topological polar surface area (TPSA) is 115 Å². The number of benzene rings is 2. The van der Waals surface area contributed by atoms with Gasteiger partial charge >= 0.3 is 0 Å². The number of hydrogen-bond donors (Lipinski definition) is 1. The van der Waals surface area contributed by atoms with Crippen LogP contribution in [0.5, 0.6) is 0 Å². The third-order valence-corrected chi connectivity index (χ3v) is 9.28. The summed E-state index contributed by atoms with van der Waals surface area (Å²) in [6, 6.07) is 15.1. The Morgan fingerprint density at radius 3 is 2.67 bits per heavy atom. The second-order valence-electron chi connectivity index (χ2n) is 9.19. The molecule has 7 nitrogen and oxygen atoms in total. The summed E-state index contributed by atoms with van der Waals surface area (Å²) < 4.78 is 29.5. The molecule has 5 rings (SSSR count). The molecular formula is C28H23F2N7S2. The molecule has 0 amide bonds. The van der Waals surface area contributed by atoms with Crippen molar-refractivity contribution in [3.05, 3.63) is 99.6 Å². The Morgan fingerprint density at radius 1 is 1.13 bits per heavy atom. The first-order valence-electron chi connectivity index (χ1n) is 12.2. The van der Waals surface area contributed by atoms with Crippen LogP contribution in [0, 0.1) is 41.2 Å². The lowest BCUT2D eigenvalue weighted by Crippen LogP contribution is -2.57. The average molecular weight is 560 g/mol. The van der Waals surface area contributed by atoms with Gasteiger partial charge in [-0.25, -0.2) is 13.8 Å². The summed E-state index contributed by atoms with van der Waals surface area (Å²) >= 11 is 2.59. The Labute approximate surface area is 233 Å². The minimum absolute atomic E-state index is 0.0143. The van der Waals surface area contributed by atoms with Crippen molar-refractivity contribution in [1.82, 2.24) is 10.2 Å². The van der Waals surface area contributed by atoms with Crippen molar-refractivity contribution in [3.8, 4) is 12.1 Å². The Kier molecular flexibility index (Phi) is 7.32. The molecule has 0 fully saturated rings. The summed E-state index contributed by atoms with van der Waals surface area (Å²) in [7, 11) is 0. The van der Waals surface area contributed by atoms with Crippen molar-refractivity contribution in [3.63, 3.8) is 0 Å². The fraction of sp³-hybridized carbons (Fsp3) is 0.250. The summed E-state index contributed by atoms with van der Waals surface area (Å²) in [6.07, 6.45) is 6.77. The number of aromatic nitrogens is 2. The Bertz CT molecular complexity index is 1600. The average Bonchev–Trinajstić information content (AvgIpc) is 3.57. The largest absolute Gasteiger partial charge is 0.330 e. The van der Waals surface area contributed by atoms with Crippen LogP contribution in [-0.2, 0) is 5.41 Å². The van der Waals surface area contributed by atoms with Crippen LogP contribution in [0.4, 0.5) is 13.9 Å². The van der Waals surface area contributed by atoms with Crippen molar-refractivity contribution in [2.24, 2.45) is 10.8 Å². The van der Waals surface area contributed by atoms with E-state index in [1.165, 1.54) is 23.1 Å². The number of aryl methyl sites for hydroxylation is 1. The molecule has 1 aliphatic heterocycles. The Hall–Kier alpha value is -3.90. The van der Waals surface area contributed by atoms with Crippen LogP contribution in [0.1, 0.15) is 41.0 Å². The molecular weight excluding hydrogens is 536 g/mol. The maximum Gasteiger partial charge on any atom is 0.230 e. The van der Waals surface area contributed by atoms with Gasteiger partial charge in [-0.3, -0.25) is 0 Å². The van der Waals surface area contributed by atoms with Gasteiger partial charge in [-0.1, -0.05) is 53.4 Å². The molecule has 0 bridgehead atoms. The summed E-state index contributed by atoms with van der Waals surface area (Å²) in [5, 5.41) is 36.7. The molecule has 39 heavy (non-hydrogen) atoms.